The van der Waals surface area contributed by atoms with Crippen molar-refractivity contribution in [3.63, 3.8) is 0 Å². The van der Waals surface area contributed by atoms with Crippen molar-refractivity contribution in [2.24, 2.45) is 10.7 Å². The zero-order valence-electron chi connectivity index (χ0n) is 15.9. The molecule has 0 unspecified atom stereocenters. The molecule has 0 radical (unpaired) electrons. The molecule has 7 nitrogen and oxygen atoms in total. The fraction of sp³-hybridized carbons (Fsp3) is 0.316. The standard InChI is InChI=1S/C19H25N3O4.HI/c1-23-15-7-6-14(17(10-15)25-3)12-22-19(20)21-11-13-5-8-16(24-2)18(9-13)26-4;/h5-10H,11-12H2,1-4H3,(H3,20,21,22);1H. The van der Waals surface area contributed by atoms with Crippen molar-refractivity contribution < 1.29 is 18.9 Å². The van der Waals surface area contributed by atoms with Crippen molar-refractivity contribution in [3.05, 3.63) is 47.5 Å². The lowest BCUT2D eigenvalue weighted by atomic mass is 10.2. The zero-order valence-corrected chi connectivity index (χ0v) is 18.3. The van der Waals surface area contributed by atoms with E-state index in [-0.39, 0.29) is 24.0 Å². The number of halogens is 1. The Hall–Kier alpha value is -2.36. The van der Waals surface area contributed by atoms with Crippen LogP contribution in [-0.2, 0) is 13.1 Å². The Morgan fingerprint density at radius 2 is 1.59 bits per heavy atom. The molecule has 2 rings (SSSR count). The largest absolute Gasteiger partial charge is 0.497 e. The molecule has 0 aliphatic heterocycles. The van der Waals surface area contributed by atoms with Crippen LogP contribution in [0, 0.1) is 0 Å². The van der Waals surface area contributed by atoms with Gasteiger partial charge in [-0.3, -0.25) is 0 Å². The second kappa shape index (κ2) is 11.4. The number of hydrogen-bond acceptors (Lipinski definition) is 5. The summed E-state index contributed by atoms with van der Waals surface area (Å²) in [7, 11) is 6.44. The van der Waals surface area contributed by atoms with Gasteiger partial charge in [-0.1, -0.05) is 6.07 Å². The van der Waals surface area contributed by atoms with Gasteiger partial charge < -0.3 is 30.0 Å². The van der Waals surface area contributed by atoms with E-state index in [2.05, 4.69) is 10.3 Å². The van der Waals surface area contributed by atoms with E-state index < -0.39 is 0 Å². The Bertz CT molecular complexity index is 769. The highest BCUT2D eigenvalue weighted by atomic mass is 127. The highest BCUT2D eigenvalue weighted by Gasteiger charge is 2.06. The number of ether oxygens (including phenoxy) is 4. The highest BCUT2D eigenvalue weighted by Crippen LogP contribution is 2.28. The van der Waals surface area contributed by atoms with Crippen molar-refractivity contribution in [2.45, 2.75) is 13.1 Å². The van der Waals surface area contributed by atoms with Gasteiger partial charge in [-0.05, 0) is 29.8 Å². The molecule has 0 heterocycles. The van der Waals surface area contributed by atoms with E-state index in [0.29, 0.717) is 30.5 Å². The molecule has 8 heteroatoms. The Morgan fingerprint density at radius 1 is 0.889 bits per heavy atom. The molecule has 0 aliphatic carbocycles. The van der Waals surface area contributed by atoms with Crippen molar-refractivity contribution in [1.29, 1.82) is 0 Å². The summed E-state index contributed by atoms with van der Waals surface area (Å²) in [6.07, 6.45) is 0. The number of methoxy groups -OCH3 is 4. The maximum Gasteiger partial charge on any atom is 0.189 e. The van der Waals surface area contributed by atoms with Crippen LogP contribution >= 0.6 is 24.0 Å². The molecule has 0 spiro atoms. The van der Waals surface area contributed by atoms with Gasteiger partial charge in [0, 0.05) is 18.2 Å². The van der Waals surface area contributed by atoms with E-state index in [0.717, 1.165) is 22.6 Å². The Labute approximate surface area is 176 Å². The number of nitrogens with zero attached hydrogens (tertiary/aromatic N) is 1. The third kappa shape index (κ3) is 6.38. The number of rotatable bonds is 8. The molecule has 2 aromatic carbocycles. The van der Waals surface area contributed by atoms with E-state index in [1.807, 2.05) is 36.4 Å². The summed E-state index contributed by atoms with van der Waals surface area (Å²) < 4.78 is 21.1. The maximum absolute atomic E-state index is 5.96. The van der Waals surface area contributed by atoms with Crippen LogP contribution in [-0.4, -0.2) is 34.4 Å². The average Bonchev–Trinajstić information content (AvgIpc) is 2.70. The van der Waals surface area contributed by atoms with Gasteiger partial charge >= 0.3 is 0 Å². The minimum atomic E-state index is 0. The third-order valence-corrected chi connectivity index (χ3v) is 3.83. The predicted molar refractivity (Wildman–Crippen MR) is 117 cm³/mol. The van der Waals surface area contributed by atoms with E-state index in [9.17, 15) is 0 Å². The minimum absolute atomic E-state index is 0. The average molecular weight is 487 g/mol. The van der Waals surface area contributed by atoms with E-state index in [1.165, 1.54) is 0 Å². The van der Waals surface area contributed by atoms with Crippen LogP contribution in [0.2, 0.25) is 0 Å². The maximum atomic E-state index is 5.96. The van der Waals surface area contributed by atoms with Crippen molar-refractivity contribution in [3.8, 4) is 23.0 Å². The molecule has 0 saturated heterocycles. The molecule has 0 atom stereocenters. The third-order valence-electron chi connectivity index (χ3n) is 3.83. The minimum Gasteiger partial charge on any atom is -0.497 e. The molecule has 27 heavy (non-hydrogen) atoms. The Morgan fingerprint density at radius 3 is 2.22 bits per heavy atom. The van der Waals surface area contributed by atoms with Gasteiger partial charge in [-0.25, -0.2) is 4.99 Å². The van der Waals surface area contributed by atoms with Crippen molar-refractivity contribution in [2.75, 3.05) is 28.4 Å². The van der Waals surface area contributed by atoms with Gasteiger partial charge in [0.25, 0.3) is 0 Å². The molecule has 0 fully saturated rings. The fourth-order valence-corrected chi connectivity index (χ4v) is 2.40. The van der Waals surface area contributed by atoms with Gasteiger partial charge in [0.2, 0.25) is 0 Å². The highest BCUT2D eigenvalue weighted by molar-refractivity contribution is 14.0. The second-order valence-electron chi connectivity index (χ2n) is 5.42. The van der Waals surface area contributed by atoms with Crippen LogP contribution in [0.25, 0.3) is 0 Å². The van der Waals surface area contributed by atoms with Crippen LogP contribution in [0.5, 0.6) is 23.0 Å². The molecule has 0 aromatic heterocycles. The molecular weight excluding hydrogens is 461 g/mol. The van der Waals surface area contributed by atoms with Gasteiger partial charge in [0.15, 0.2) is 17.5 Å². The Balaban J connectivity index is 0.00000364. The summed E-state index contributed by atoms with van der Waals surface area (Å²) in [5.41, 5.74) is 7.88. The quantitative estimate of drug-likeness (QED) is 0.338. The number of guanidine groups is 1. The van der Waals surface area contributed by atoms with Crippen LogP contribution in [0.15, 0.2) is 41.4 Å². The van der Waals surface area contributed by atoms with Crippen molar-refractivity contribution in [1.82, 2.24) is 5.32 Å². The molecule has 0 amide bonds. The topological polar surface area (TPSA) is 87.3 Å². The van der Waals surface area contributed by atoms with Crippen LogP contribution in [0.4, 0.5) is 0 Å². The number of aliphatic imine (C=N–C) groups is 1. The number of nitrogens with one attached hydrogen (secondary N) is 1. The first-order valence-corrected chi connectivity index (χ1v) is 8.06. The lowest BCUT2D eigenvalue weighted by Crippen LogP contribution is -2.31. The first kappa shape index (κ1) is 22.7. The molecule has 0 bridgehead atoms. The van der Waals surface area contributed by atoms with Crippen LogP contribution in [0.3, 0.4) is 0 Å². The molecule has 0 aliphatic rings. The summed E-state index contributed by atoms with van der Waals surface area (Å²) in [6, 6.07) is 11.3. The first-order chi connectivity index (χ1) is 12.6. The van der Waals surface area contributed by atoms with Gasteiger partial charge in [0.1, 0.15) is 11.5 Å². The lowest BCUT2D eigenvalue weighted by Gasteiger charge is -2.12. The summed E-state index contributed by atoms with van der Waals surface area (Å²) in [6.45, 7) is 0.924. The normalized spacial score (nSPS) is 10.6. The van der Waals surface area contributed by atoms with E-state index >= 15 is 0 Å². The van der Waals surface area contributed by atoms with Crippen molar-refractivity contribution >= 4 is 29.9 Å². The monoisotopic (exact) mass is 487 g/mol. The van der Waals surface area contributed by atoms with Gasteiger partial charge in [-0.2, -0.15) is 0 Å². The fourth-order valence-electron chi connectivity index (χ4n) is 2.40. The molecule has 3 N–H and O–H groups in total. The SMILES string of the molecule is COc1ccc(CNC(N)=NCc2ccc(OC)c(OC)c2)c(OC)c1.I. The van der Waals surface area contributed by atoms with Crippen LogP contribution < -0.4 is 30.0 Å². The summed E-state index contributed by atoms with van der Waals surface area (Å²) in [5.74, 6) is 3.15. The van der Waals surface area contributed by atoms with Gasteiger partial charge in [0.05, 0.1) is 35.0 Å². The zero-order chi connectivity index (χ0) is 18.9. The lowest BCUT2D eigenvalue weighted by molar-refractivity contribution is 0.354. The molecule has 148 valence electrons. The summed E-state index contributed by atoms with van der Waals surface area (Å²) in [4.78, 5) is 4.35. The number of benzene rings is 2. The molecular formula is C19H26IN3O4. The summed E-state index contributed by atoms with van der Waals surface area (Å²) >= 11 is 0. The second-order valence-corrected chi connectivity index (χ2v) is 5.42. The predicted octanol–water partition coefficient (Wildman–Crippen LogP) is 2.94. The Kier molecular flexibility index (Phi) is 9.55. The first-order valence-electron chi connectivity index (χ1n) is 8.06. The number of nitrogens with two attached hydrogens (primary N) is 1. The van der Waals surface area contributed by atoms with Crippen LogP contribution in [0.1, 0.15) is 11.1 Å². The van der Waals surface area contributed by atoms with E-state index in [1.54, 1.807) is 28.4 Å². The summed E-state index contributed by atoms with van der Waals surface area (Å²) in [5, 5.41) is 3.08. The smallest absolute Gasteiger partial charge is 0.189 e. The number of hydrogen-bond donors (Lipinski definition) is 2. The van der Waals surface area contributed by atoms with E-state index in [4.69, 9.17) is 24.7 Å². The molecule has 0 saturated carbocycles. The molecule has 2 aromatic rings. The van der Waals surface area contributed by atoms with Gasteiger partial charge in [-0.15, -0.1) is 24.0 Å².